The third kappa shape index (κ3) is 4.95. The second-order valence-electron chi connectivity index (χ2n) is 8.52. The van der Waals surface area contributed by atoms with Crippen LogP contribution in [0.1, 0.15) is 53.0 Å². The summed E-state index contributed by atoms with van der Waals surface area (Å²) < 4.78 is 10.6. The minimum Gasteiger partial charge on any atom is -0.482 e. The van der Waals surface area contributed by atoms with Crippen molar-refractivity contribution in [1.82, 2.24) is 4.90 Å². The lowest BCUT2D eigenvalue weighted by Gasteiger charge is -2.31. The van der Waals surface area contributed by atoms with Gasteiger partial charge in [-0.05, 0) is 62.6 Å². The Balaban J connectivity index is 1.42. The molecule has 2 amide bonds. The maximum atomic E-state index is 12.9. The summed E-state index contributed by atoms with van der Waals surface area (Å²) in [6.07, 6.45) is 1.20. The normalized spacial score (nSPS) is 16.0. The summed E-state index contributed by atoms with van der Waals surface area (Å²) in [5.41, 5.74) is 2.49. The van der Waals surface area contributed by atoms with Gasteiger partial charge in [0, 0.05) is 24.2 Å². The van der Waals surface area contributed by atoms with Crippen LogP contribution in [0.25, 0.3) is 0 Å². The van der Waals surface area contributed by atoms with E-state index in [-0.39, 0.29) is 36.1 Å². The molecule has 0 aromatic heterocycles. The highest BCUT2D eigenvalue weighted by Crippen LogP contribution is 2.34. The molecule has 0 unspecified atom stereocenters. The number of nitrogens with zero attached hydrogens (tertiary/aromatic N) is 2. The van der Waals surface area contributed by atoms with E-state index >= 15 is 0 Å². The molecule has 178 valence electrons. The number of carbonyl (C=O) groups is 4. The molecular formula is C26H28N2O6. The van der Waals surface area contributed by atoms with E-state index in [2.05, 4.69) is 0 Å². The van der Waals surface area contributed by atoms with Crippen LogP contribution in [0.2, 0.25) is 0 Å². The van der Waals surface area contributed by atoms with Crippen molar-refractivity contribution in [3.63, 3.8) is 0 Å². The average molecular weight is 465 g/mol. The van der Waals surface area contributed by atoms with Crippen molar-refractivity contribution < 1.29 is 28.7 Å². The Labute approximate surface area is 198 Å². The number of likely N-dealkylation sites (tertiary alicyclic amines) is 1. The second-order valence-corrected chi connectivity index (χ2v) is 8.52. The summed E-state index contributed by atoms with van der Waals surface area (Å²) in [6, 6.07) is 12.2. The predicted octanol–water partition coefficient (Wildman–Crippen LogP) is 3.23. The van der Waals surface area contributed by atoms with Crippen molar-refractivity contribution in [1.29, 1.82) is 0 Å². The summed E-state index contributed by atoms with van der Waals surface area (Å²) in [7, 11) is 0. The largest absolute Gasteiger partial charge is 0.482 e. The minimum atomic E-state index is -0.196. The summed E-state index contributed by atoms with van der Waals surface area (Å²) in [5.74, 6) is -0.138. The molecule has 1 fully saturated rings. The van der Waals surface area contributed by atoms with Crippen LogP contribution in [0.3, 0.4) is 0 Å². The number of amides is 2. The van der Waals surface area contributed by atoms with Gasteiger partial charge in [-0.1, -0.05) is 12.1 Å². The molecule has 2 aliphatic rings. The van der Waals surface area contributed by atoms with Crippen molar-refractivity contribution in [2.24, 2.45) is 5.92 Å². The number of ketones is 1. The molecule has 8 nitrogen and oxygen atoms in total. The number of ether oxygens (including phenoxy) is 2. The molecule has 1 saturated heterocycles. The molecule has 0 radical (unpaired) electrons. The first-order chi connectivity index (χ1) is 16.4. The van der Waals surface area contributed by atoms with Crippen LogP contribution in [-0.4, -0.2) is 54.8 Å². The summed E-state index contributed by atoms with van der Waals surface area (Å²) in [4.78, 5) is 52.5. The van der Waals surface area contributed by atoms with Gasteiger partial charge in [-0.15, -0.1) is 0 Å². The molecule has 2 aromatic carbocycles. The van der Waals surface area contributed by atoms with E-state index in [4.69, 9.17) is 9.47 Å². The molecule has 0 saturated carbocycles. The lowest BCUT2D eigenvalue weighted by molar-refractivity contribution is -0.149. The number of anilines is 1. The Hall–Kier alpha value is -3.68. The Kier molecular flexibility index (Phi) is 6.95. The van der Waals surface area contributed by atoms with E-state index in [1.54, 1.807) is 47.1 Å². The molecular weight excluding hydrogens is 436 g/mol. The van der Waals surface area contributed by atoms with Gasteiger partial charge in [-0.2, -0.15) is 0 Å². The van der Waals surface area contributed by atoms with E-state index in [0.717, 1.165) is 5.56 Å². The van der Waals surface area contributed by atoms with Crippen molar-refractivity contribution in [2.45, 2.75) is 33.2 Å². The summed E-state index contributed by atoms with van der Waals surface area (Å²) >= 11 is 0. The number of Topliss-reactive ketones (excluding diaryl/α,β-unsaturated/α-hetero) is 1. The van der Waals surface area contributed by atoms with Crippen LogP contribution in [0.4, 0.5) is 5.69 Å². The molecule has 8 heteroatoms. The lowest BCUT2D eigenvalue weighted by Crippen LogP contribution is -2.40. The van der Waals surface area contributed by atoms with Gasteiger partial charge in [-0.25, -0.2) is 0 Å². The minimum absolute atomic E-state index is 0.0647. The first-order valence-electron chi connectivity index (χ1n) is 11.5. The number of fused-ring (bicyclic) bond motifs is 1. The Morgan fingerprint density at radius 1 is 1.03 bits per heavy atom. The predicted molar refractivity (Wildman–Crippen MR) is 125 cm³/mol. The van der Waals surface area contributed by atoms with Crippen molar-refractivity contribution >= 4 is 29.3 Å². The average Bonchev–Trinajstić information content (AvgIpc) is 2.85. The zero-order valence-corrected chi connectivity index (χ0v) is 19.4. The topological polar surface area (TPSA) is 93.2 Å². The standard InChI is InChI=1S/C26H28N2O6/c1-3-33-26(32)20-10-12-27(13-11-20)25(31)19-6-4-18(5-7-19)15-28-22-14-21(17(2)29)8-9-23(22)34-16-24(28)30/h4-9,14,20H,3,10-13,15-16H2,1-2H3. The second kappa shape index (κ2) is 10.1. The number of hydrogen-bond donors (Lipinski definition) is 0. The molecule has 0 atom stereocenters. The van der Waals surface area contributed by atoms with Gasteiger partial charge in [0.25, 0.3) is 11.8 Å². The molecule has 34 heavy (non-hydrogen) atoms. The molecule has 2 heterocycles. The van der Waals surface area contributed by atoms with E-state index in [1.165, 1.54) is 6.92 Å². The van der Waals surface area contributed by atoms with Crippen LogP contribution in [0.5, 0.6) is 5.75 Å². The van der Waals surface area contributed by atoms with Crippen LogP contribution in [-0.2, 0) is 20.9 Å². The molecule has 0 bridgehead atoms. The molecule has 0 N–H and O–H groups in total. The Morgan fingerprint density at radius 2 is 1.71 bits per heavy atom. The van der Waals surface area contributed by atoms with E-state index in [9.17, 15) is 19.2 Å². The first kappa shape index (κ1) is 23.5. The Morgan fingerprint density at radius 3 is 2.35 bits per heavy atom. The van der Waals surface area contributed by atoms with Crippen LogP contribution < -0.4 is 9.64 Å². The third-order valence-electron chi connectivity index (χ3n) is 6.25. The molecule has 0 spiro atoms. The van der Waals surface area contributed by atoms with Gasteiger partial charge in [0.1, 0.15) is 5.75 Å². The van der Waals surface area contributed by atoms with Crippen molar-refractivity contribution in [2.75, 3.05) is 31.2 Å². The molecule has 0 aliphatic carbocycles. The van der Waals surface area contributed by atoms with Crippen LogP contribution in [0, 0.1) is 5.92 Å². The molecule has 2 aliphatic heterocycles. The van der Waals surface area contributed by atoms with Gasteiger partial charge in [-0.3, -0.25) is 19.2 Å². The SMILES string of the molecule is CCOC(=O)C1CCN(C(=O)c2ccc(CN3C(=O)COc4ccc(C(C)=O)cc43)cc2)CC1. The lowest BCUT2D eigenvalue weighted by atomic mass is 9.96. The summed E-state index contributed by atoms with van der Waals surface area (Å²) in [6.45, 7) is 4.90. The first-order valence-corrected chi connectivity index (χ1v) is 11.5. The zero-order valence-electron chi connectivity index (χ0n) is 19.4. The molecule has 2 aromatic rings. The van der Waals surface area contributed by atoms with Gasteiger partial charge >= 0.3 is 5.97 Å². The fourth-order valence-corrected chi connectivity index (χ4v) is 4.29. The maximum absolute atomic E-state index is 12.9. The smallest absolute Gasteiger partial charge is 0.309 e. The number of rotatable bonds is 6. The highest BCUT2D eigenvalue weighted by Gasteiger charge is 2.29. The van der Waals surface area contributed by atoms with Gasteiger partial charge < -0.3 is 19.3 Å². The van der Waals surface area contributed by atoms with Crippen molar-refractivity contribution in [3.8, 4) is 5.75 Å². The van der Waals surface area contributed by atoms with Gasteiger partial charge in [0.2, 0.25) is 0 Å². The maximum Gasteiger partial charge on any atom is 0.309 e. The van der Waals surface area contributed by atoms with E-state index in [1.807, 2.05) is 12.1 Å². The van der Waals surface area contributed by atoms with Gasteiger partial charge in [0.15, 0.2) is 12.4 Å². The number of benzene rings is 2. The van der Waals surface area contributed by atoms with Crippen LogP contribution >= 0.6 is 0 Å². The highest BCUT2D eigenvalue weighted by molar-refractivity contribution is 6.01. The highest BCUT2D eigenvalue weighted by atomic mass is 16.5. The van der Waals surface area contributed by atoms with Gasteiger partial charge in [0.05, 0.1) is 24.8 Å². The van der Waals surface area contributed by atoms with Crippen molar-refractivity contribution in [3.05, 3.63) is 59.2 Å². The van der Waals surface area contributed by atoms with Crippen LogP contribution in [0.15, 0.2) is 42.5 Å². The Bertz CT molecular complexity index is 1100. The fourth-order valence-electron chi connectivity index (χ4n) is 4.29. The third-order valence-corrected chi connectivity index (χ3v) is 6.25. The summed E-state index contributed by atoms with van der Waals surface area (Å²) in [5, 5.41) is 0. The van der Waals surface area contributed by atoms with E-state index in [0.29, 0.717) is 61.6 Å². The number of esters is 1. The van der Waals surface area contributed by atoms with E-state index < -0.39 is 0 Å². The number of hydrogen-bond acceptors (Lipinski definition) is 6. The zero-order chi connectivity index (χ0) is 24.2. The number of carbonyl (C=O) groups excluding carboxylic acids is 4. The monoisotopic (exact) mass is 464 g/mol. The number of piperidine rings is 1. The molecule has 4 rings (SSSR count). The quantitative estimate of drug-likeness (QED) is 0.481. The fraction of sp³-hybridized carbons (Fsp3) is 0.385.